The Morgan fingerprint density at radius 1 is 1.11 bits per heavy atom. The van der Waals surface area contributed by atoms with Crippen LogP contribution in [0.3, 0.4) is 0 Å². The monoisotopic (exact) mass is 268 g/mol. The zero-order valence-corrected chi connectivity index (χ0v) is 14.2. The molecular formula is C17H36N2. The molecule has 2 nitrogen and oxygen atoms in total. The highest BCUT2D eigenvalue weighted by molar-refractivity contribution is 4.80. The van der Waals surface area contributed by atoms with Crippen molar-refractivity contribution in [3.05, 3.63) is 0 Å². The van der Waals surface area contributed by atoms with E-state index in [0.717, 1.165) is 17.9 Å². The Morgan fingerprint density at radius 2 is 1.68 bits per heavy atom. The molecule has 0 N–H and O–H groups in total. The largest absolute Gasteiger partial charge is 0.304 e. The summed E-state index contributed by atoms with van der Waals surface area (Å²) in [6, 6.07) is 1.47. The van der Waals surface area contributed by atoms with Gasteiger partial charge in [0.1, 0.15) is 0 Å². The van der Waals surface area contributed by atoms with Crippen LogP contribution >= 0.6 is 0 Å². The lowest BCUT2D eigenvalue weighted by molar-refractivity contribution is 0.0986. The van der Waals surface area contributed by atoms with Crippen LogP contribution < -0.4 is 0 Å². The minimum atomic E-state index is 0.671. The van der Waals surface area contributed by atoms with Gasteiger partial charge >= 0.3 is 0 Å². The number of likely N-dealkylation sites (tertiary alicyclic amines) is 1. The number of piperidine rings is 1. The van der Waals surface area contributed by atoms with E-state index in [9.17, 15) is 0 Å². The molecule has 0 amide bonds. The second-order valence-corrected chi connectivity index (χ2v) is 7.04. The Hall–Kier alpha value is -0.0800. The first-order chi connectivity index (χ1) is 8.95. The van der Waals surface area contributed by atoms with Crippen LogP contribution in [0.4, 0.5) is 0 Å². The molecule has 0 bridgehead atoms. The number of hydrogen-bond donors (Lipinski definition) is 0. The van der Waals surface area contributed by atoms with Gasteiger partial charge in [0.05, 0.1) is 0 Å². The predicted octanol–water partition coefficient (Wildman–Crippen LogP) is 3.86. The molecular weight excluding hydrogens is 232 g/mol. The molecule has 1 aliphatic heterocycles. The summed E-state index contributed by atoms with van der Waals surface area (Å²) in [5, 5.41) is 0. The van der Waals surface area contributed by atoms with Crippen molar-refractivity contribution >= 4 is 0 Å². The Labute approximate surface area is 121 Å². The van der Waals surface area contributed by atoms with E-state index < -0.39 is 0 Å². The molecule has 1 unspecified atom stereocenters. The number of hydrogen-bond acceptors (Lipinski definition) is 2. The van der Waals surface area contributed by atoms with Crippen LogP contribution in [0.2, 0.25) is 0 Å². The van der Waals surface area contributed by atoms with Crippen molar-refractivity contribution < 1.29 is 0 Å². The molecule has 0 aromatic heterocycles. The molecule has 1 aliphatic rings. The highest BCUT2D eigenvalue weighted by Gasteiger charge is 2.25. The van der Waals surface area contributed by atoms with Crippen LogP contribution in [-0.2, 0) is 0 Å². The van der Waals surface area contributed by atoms with Gasteiger partial charge in [-0.1, -0.05) is 20.8 Å². The molecule has 0 aromatic carbocycles. The predicted molar refractivity (Wildman–Crippen MR) is 85.6 cm³/mol. The summed E-state index contributed by atoms with van der Waals surface area (Å²) >= 11 is 0. The van der Waals surface area contributed by atoms with Crippen LogP contribution in [0.1, 0.15) is 60.3 Å². The fraction of sp³-hybridized carbons (Fsp3) is 1.00. The van der Waals surface area contributed by atoms with E-state index in [1.165, 1.54) is 45.3 Å². The van der Waals surface area contributed by atoms with Gasteiger partial charge in [0.25, 0.3) is 0 Å². The smallest absolute Gasteiger partial charge is 0.0105 e. The molecule has 1 rings (SSSR count). The van der Waals surface area contributed by atoms with Crippen LogP contribution in [0.5, 0.6) is 0 Å². The van der Waals surface area contributed by atoms with E-state index in [-0.39, 0.29) is 0 Å². The first-order valence-corrected chi connectivity index (χ1v) is 8.40. The lowest BCUT2D eigenvalue weighted by Gasteiger charge is -2.39. The molecule has 1 fully saturated rings. The molecule has 0 radical (unpaired) electrons. The van der Waals surface area contributed by atoms with Gasteiger partial charge in [0, 0.05) is 12.1 Å². The van der Waals surface area contributed by atoms with Gasteiger partial charge in [-0.15, -0.1) is 0 Å². The molecule has 0 spiro atoms. The van der Waals surface area contributed by atoms with Crippen LogP contribution in [0.15, 0.2) is 0 Å². The van der Waals surface area contributed by atoms with Gasteiger partial charge in [-0.25, -0.2) is 0 Å². The van der Waals surface area contributed by atoms with E-state index in [1.54, 1.807) is 0 Å². The third kappa shape index (κ3) is 5.43. The number of nitrogens with zero attached hydrogens (tertiary/aromatic N) is 2. The van der Waals surface area contributed by atoms with E-state index in [1.807, 2.05) is 0 Å². The summed E-state index contributed by atoms with van der Waals surface area (Å²) in [6.45, 7) is 15.6. The van der Waals surface area contributed by atoms with Gasteiger partial charge in [-0.2, -0.15) is 0 Å². The van der Waals surface area contributed by atoms with Crippen molar-refractivity contribution in [3.63, 3.8) is 0 Å². The third-order valence-corrected chi connectivity index (χ3v) is 5.20. The lowest BCUT2D eigenvalue weighted by atomic mass is 9.86. The maximum atomic E-state index is 2.76. The minimum absolute atomic E-state index is 0.671. The summed E-state index contributed by atoms with van der Waals surface area (Å²) < 4.78 is 0. The van der Waals surface area contributed by atoms with Crippen molar-refractivity contribution in [3.8, 4) is 0 Å². The highest BCUT2D eigenvalue weighted by atomic mass is 15.2. The molecule has 2 heteroatoms. The van der Waals surface area contributed by atoms with Crippen LogP contribution in [0, 0.1) is 11.8 Å². The molecule has 1 heterocycles. The van der Waals surface area contributed by atoms with Gasteiger partial charge < -0.3 is 9.80 Å². The second-order valence-electron chi connectivity index (χ2n) is 7.04. The van der Waals surface area contributed by atoms with Crippen molar-refractivity contribution in [1.29, 1.82) is 0 Å². The Kier molecular flexibility index (Phi) is 7.38. The molecule has 114 valence electrons. The Balaban J connectivity index is 2.36. The Morgan fingerprint density at radius 3 is 2.11 bits per heavy atom. The fourth-order valence-electron chi connectivity index (χ4n) is 3.21. The van der Waals surface area contributed by atoms with E-state index in [4.69, 9.17) is 0 Å². The van der Waals surface area contributed by atoms with Crippen molar-refractivity contribution in [2.24, 2.45) is 11.8 Å². The standard InChI is InChI=1S/C17H36N2/c1-7-17(10-11-18(6)15(4)5)19-12-8-16(9-13-19)14(2)3/h14-17H,7-13H2,1-6H3. The average Bonchev–Trinajstić information content (AvgIpc) is 2.39. The highest BCUT2D eigenvalue weighted by Crippen LogP contribution is 2.26. The normalized spacial score (nSPS) is 20.7. The second kappa shape index (κ2) is 8.26. The molecule has 1 saturated heterocycles. The number of rotatable bonds is 7. The summed E-state index contributed by atoms with van der Waals surface area (Å²) in [5.74, 6) is 1.83. The van der Waals surface area contributed by atoms with Gasteiger partial charge in [0.15, 0.2) is 0 Å². The molecule has 0 saturated carbocycles. The molecule has 0 aromatic rings. The molecule has 1 atom stereocenters. The van der Waals surface area contributed by atoms with Crippen molar-refractivity contribution in [2.75, 3.05) is 26.7 Å². The minimum Gasteiger partial charge on any atom is -0.304 e. The first kappa shape index (κ1) is 17.0. The van der Waals surface area contributed by atoms with Gasteiger partial charge in [0.2, 0.25) is 0 Å². The van der Waals surface area contributed by atoms with Gasteiger partial charge in [-0.3, -0.25) is 0 Å². The lowest BCUT2D eigenvalue weighted by Crippen LogP contribution is -2.43. The topological polar surface area (TPSA) is 6.48 Å². The zero-order valence-electron chi connectivity index (χ0n) is 14.2. The van der Waals surface area contributed by atoms with Crippen LogP contribution in [-0.4, -0.2) is 48.6 Å². The first-order valence-electron chi connectivity index (χ1n) is 8.40. The third-order valence-electron chi connectivity index (χ3n) is 5.20. The fourth-order valence-corrected chi connectivity index (χ4v) is 3.21. The summed E-state index contributed by atoms with van der Waals surface area (Å²) in [5.41, 5.74) is 0. The maximum absolute atomic E-state index is 2.76. The van der Waals surface area contributed by atoms with E-state index in [2.05, 4.69) is 51.5 Å². The van der Waals surface area contributed by atoms with Gasteiger partial charge in [-0.05, 0) is 78.0 Å². The SMILES string of the molecule is CCC(CCN(C)C(C)C)N1CCC(C(C)C)CC1. The zero-order chi connectivity index (χ0) is 14.4. The summed E-state index contributed by atoms with van der Waals surface area (Å²) in [6.07, 6.45) is 5.46. The van der Waals surface area contributed by atoms with Crippen molar-refractivity contribution in [1.82, 2.24) is 9.80 Å². The quantitative estimate of drug-likeness (QED) is 0.692. The van der Waals surface area contributed by atoms with Crippen molar-refractivity contribution in [2.45, 2.75) is 72.4 Å². The van der Waals surface area contributed by atoms with E-state index >= 15 is 0 Å². The average molecular weight is 268 g/mol. The molecule has 0 aliphatic carbocycles. The summed E-state index contributed by atoms with van der Waals surface area (Å²) in [7, 11) is 2.25. The van der Waals surface area contributed by atoms with E-state index in [0.29, 0.717) is 6.04 Å². The summed E-state index contributed by atoms with van der Waals surface area (Å²) in [4.78, 5) is 5.23. The van der Waals surface area contributed by atoms with Crippen LogP contribution in [0.25, 0.3) is 0 Å². The molecule has 19 heavy (non-hydrogen) atoms. The Bertz CT molecular complexity index is 229. The maximum Gasteiger partial charge on any atom is 0.0105 e.